The summed E-state index contributed by atoms with van der Waals surface area (Å²) in [4.78, 5) is 0. The maximum Gasteiger partial charge on any atom is 0.175 e. The molecular formula is C12H15BrO6S. The number of ether oxygens (including phenoxy) is 2. The number of sulfone groups is 1. The van der Waals surface area contributed by atoms with Crippen LogP contribution in [0.2, 0.25) is 0 Å². The van der Waals surface area contributed by atoms with Crippen LogP contribution in [-0.2, 0) is 16.4 Å². The second-order valence-corrected chi connectivity index (χ2v) is 7.58. The molecule has 0 amide bonds. The third-order valence-electron chi connectivity index (χ3n) is 3.01. The summed E-state index contributed by atoms with van der Waals surface area (Å²) in [6, 6.07) is 3.24. The molecule has 1 aromatic rings. The average Bonchev–Trinajstić information content (AvgIpc) is 2.64. The topological polar surface area (TPSA) is 93.1 Å². The minimum Gasteiger partial charge on any atom is -0.493 e. The highest BCUT2D eigenvalue weighted by atomic mass is 79.9. The summed E-state index contributed by atoms with van der Waals surface area (Å²) in [7, 11) is -1.84. The molecule has 8 heteroatoms. The van der Waals surface area contributed by atoms with Gasteiger partial charge in [-0.25, -0.2) is 8.42 Å². The number of aliphatic hydroxyl groups is 2. The number of methoxy groups -OCH3 is 1. The lowest BCUT2D eigenvalue weighted by Gasteiger charge is -2.19. The fourth-order valence-corrected chi connectivity index (χ4v) is 4.28. The number of halogens is 1. The van der Waals surface area contributed by atoms with Crippen molar-refractivity contribution in [2.45, 2.75) is 18.8 Å². The van der Waals surface area contributed by atoms with Crippen LogP contribution in [-0.4, -0.2) is 49.5 Å². The molecule has 0 radical (unpaired) electrons. The summed E-state index contributed by atoms with van der Waals surface area (Å²) >= 11 is 3.29. The van der Waals surface area contributed by atoms with E-state index in [0.29, 0.717) is 21.5 Å². The van der Waals surface area contributed by atoms with Crippen LogP contribution in [0.3, 0.4) is 0 Å². The Morgan fingerprint density at radius 3 is 2.60 bits per heavy atom. The number of rotatable bonds is 4. The zero-order chi connectivity index (χ0) is 14.9. The number of benzene rings is 1. The molecule has 1 aliphatic heterocycles. The Hall–Kier alpha value is -0.830. The van der Waals surface area contributed by atoms with Crippen molar-refractivity contribution in [1.82, 2.24) is 0 Å². The summed E-state index contributed by atoms with van der Waals surface area (Å²) in [5, 5.41) is 18.9. The lowest BCUT2D eigenvalue weighted by atomic mass is 10.2. The summed E-state index contributed by atoms with van der Waals surface area (Å²) in [6.45, 7) is -0.157. The summed E-state index contributed by atoms with van der Waals surface area (Å²) in [6.07, 6.45) is -1.89. The van der Waals surface area contributed by atoms with Crippen LogP contribution in [0.1, 0.15) is 5.56 Å². The summed E-state index contributed by atoms with van der Waals surface area (Å²) in [5.74, 6) is 0.142. The van der Waals surface area contributed by atoms with E-state index in [9.17, 15) is 13.5 Å². The van der Waals surface area contributed by atoms with Gasteiger partial charge in [0.15, 0.2) is 21.3 Å². The fraction of sp³-hybridized carbons (Fsp3) is 0.500. The molecule has 20 heavy (non-hydrogen) atoms. The zero-order valence-electron chi connectivity index (χ0n) is 10.7. The molecule has 2 rings (SSSR count). The van der Waals surface area contributed by atoms with Gasteiger partial charge in [0.25, 0.3) is 0 Å². The molecule has 1 aliphatic rings. The van der Waals surface area contributed by atoms with Gasteiger partial charge in [0, 0.05) is 0 Å². The van der Waals surface area contributed by atoms with Crippen LogP contribution in [0.5, 0.6) is 11.5 Å². The van der Waals surface area contributed by atoms with Crippen molar-refractivity contribution in [3.63, 3.8) is 0 Å². The quantitative estimate of drug-likeness (QED) is 0.805. The standard InChI is InChI=1S/C12H15BrO6S/c1-18-10-3-7(4-14)2-8(13)12(10)19-11-6-20(16,17)5-9(11)15/h2-3,9,11,14-15H,4-6H2,1H3. The Morgan fingerprint density at radius 1 is 1.40 bits per heavy atom. The largest absolute Gasteiger partial charge is 0.493 e. The van der Waals surface area contributed by atoms with Crippen LogP contribution in [0.4, 0.5) is 0 Å². The van der Waals surface area contributed by atoms with Crippen molar-refractivity contribution in [3.8, 4) is 11.5 Å². The van der Waals surface area contributed by atoms with Gasteiger partial charge < -0.3 is 19.7 Å². The minimum absolute atomic E-state index is 0.157. The van der Waals surface area contributed by atoms with E-state index in [0.717, 1.165) is 0 Å². The maximum atomic E-state index is 11.5. The smallest absolute Gasteiger partial charge is 0.175 e. The van der Waals surface area contributed by atoms with E-state index in [1.807, 2.05) is 0 Å². The molecule has 0 aliphatic carbocycles. The Labute approximate surface area is 125 Å². The highest BCUT2D eigenvalue weighted by Crippen LogP contribution is 2.38. The molecule has 1 saturated heterocycles. The zero-order valence-corrected chi connectivity index (χ0v) is 13.1. The van der Waals surface area contributed by atoms with Crippen LogP contribution in [0.25, 0.3) is 0 Å². The summed E-state index contributed by atoms with van der Waals surface area (Å²) in [5.41, 5.74) is 0.626. The first-order valence-corrected chi connectivity index (χ1v) is 8.50. The predicted molar refractivity (Wildman–Crippen MR) is 75.7 cm³/mol. The van der Waals surface area contributed by atoms with Crippen molar-refractivity contribution in [2.24, 2.45) is 0 Å². The first-order valence-electron chi connectivity index (χ1n) is 5.88. The van der Waals surface area contributed by atoms with Crippen molar-refractivity contribution >= 4 is 25.8 Å². The van der Waals surface area contributed by atoms with Gasteiger partial charge in [0.1, 0.15) is 12.2 Å². The van der Waals surface area contributed by atoms with Crippen molar-refractivity contribution < 1.29 is 28.1 Å². The first-order chi connectivity index (χ1) is 9.36. The Morgan fingerprint density at radius 2 is 2.10 bits per heavy atom. The van der Waals surface area contributed by atoms with Gasteiger partial charge in [0.05, 0.1) is 29.7 Å². The Bertz CT molecular complexity index is 600. The van der Waals surface area contributed by atoms with Gasteiger partial charge in [-0.15, -0.1) is 0 Å². The fourth-order valence-electron chi connectivity index (χ4n) is 2.04. The molecule has 6 nitrogen and oxygen atoms in total. The van der Waals surface area contributed by atoms with Gasteiger partial charge in [-0.3, -0.25) is 0 Å². The molecule has 0 spiro atoms. The van der Waals surface area contributed by atoms with E-state index in [2.05, 4.69) is 15.9 Å². The molecule has 0 bridgehead atoms. The molecule has 2 N–H and O–H groups in total. The predicted octanol–water partition coefficient (Wildman–Crippen LogP) is 0.487. The van der Waals surface area contributed by atoms with Crippen LogP contribution in [0, 0.1) is 0 Å². The van der Waals surface area contributed by atoms with Gasteiger partial charge in [0.2, 0.25) is 0 Å². The van der Waals surface area contributed by atoms with E-state index in [-0.39, 0.29) is 18.1 Å². The number of hydrogen-bond donors (Lipinski definition) is 2. The maximum absolute atomic E-state index is 11.5. The second kappa shape index (κ2) is 5.88. The highest BCUT2D eigenvalue weighted by molar-refractivity contribution is 9.10. The van der Waals surface area contributed by atoms with Crippen molar-refractivity contribution in [1.29, 1.82) is 0 Å². The van der Waals surface area contributed by atoms with Gasteiger partial charge in [-0.1, -0.05) is 0 Å². The molecule has 2 atom stereocenters. The molecule has 0 saturated carbocycles. The molecule has 112 valence electrons. The summed E-state index contributed by atoms with van der Waals surface area (Å²) < 4.78 is 34.2. The van der Waals surface area contributed by atoms with E-state index >= 15 is 0 Å². The van der Waals surface area contributed by atoms with Gasteiger partial charge >= 0.3 is 0 Å². The van der Waals surface area contributed by atoms with Crippen molar-refractivity contribution in [2.75, 3.05) is 18.6 Å². The number of hydrogen-bond acceptors (Lipinski definition) is 6. The van der Waals surface area contributed by atoms with E-state index in [1.165, 1.54) is 7.11 Å². The normalized spacial score (nSPS) is 24.6. The van der Waals surface area contributed by atoms with Crippen LogP contribution in [0.15, 0.2) is 16.6 Å². The SMILES string of the molecule is COc1cc(CO)cc(Br)c1OC1CS(=O)(=O)CC1O. The molecule has 1 aromatic carbocycles. The molecule has 2 unspecified atom stereocenters. The third kappa shape index (κ3) is 3.25. The third-order valence-corrected chi connectivity index (χ3v) is 5.29. The van der Waals surface area contributed by atoms with Crippen LogP contribution >= 0.6 is 15.9 Å². The molecular weight excluding hydrogens is 352 g/mol. The monoisotopic (exact) mass is 366 g/mol. The second-order valence-electron chi connectivity index (χ2n) is 4.57. The average molecular weight is 367 g/mol. The lowest BCUT2D eigenvalue weighted by Crippen LogP contribution is -2.30. The Kier molecular flexibility index (Phi) is 4.58. The molecule has 1 heterocycles. The van der Waals surface area contributed by atoms with Gasteiger partial charge in [-0.05, 0) is 33.6 Å². The van der Waals surface area contributed by atoms with Crippen LogP contribution < -0.4 is 9.47 Å². The molecule has 1 fully saturated rings. The lowest BCUT2D eigenvalue weighted by molar-refractivity contribution is 0.0712. The number of aliphatic hydroxyl groups excluding tert-OH is 2. The molecule has 0 aromatic heterocycles. The Balaban J connectivity index is 2.30. The highest BCUT2D eigenvalue weighted by Gasteiger charge is 2.38. The van der Waals surface area contributed by atoms with Crippen molar-refractivity contribution in [3.05, 3.63) is 22.2 Å². The van der Waals surface area contributed by atoms with Gasteiger partial charge in [-0.2, -0.15) is 0 Å². The van der Waals surface area contributed by atoms with E-state index < -0.39 is 22.0 Å². The van der Waals surface area contributed by atoms with E-state index in [4.69, 9.17) is 14.6 Å². The van der Waals surface area contributed by atoms with E-state index in [1.54, 1.807) is 12.1 Å². The minimum atomic E-state index is -3.28. The first kappa shape index (κ1) is 15.6.